The zero-order valence-corrected chi connectivity index (χ0v) is 13.4. The van der Waals surface area contributed by atoms with Crippen LogP contribution in [-0.2, 0) is 4.79 Å². The maximum absolute atomic E-state index is 12.5. The lowest BCUT2D eigenvalue weighted by Gasteiger charge is -2.32. The topological polar surface area (TPSA) is 72.2 Å². The van der Waals surface area contributed by atoms with Crippen molar-refractivity contribution in [3.05, 3.63) is 49.0 Å². The van der Waals surface area contributed by atoms with Crippen molar-refractivity contribution < 1.29 is 9.72 Å². The van der Waals surface area contributed by atoms with Crippen LogP contribution in [-0.4, -0.2) is 16.5 Å². The SMILES string of the molecule is O=C1CCCC2=C1C(c1ccc([N+](=O)[O-])s1)C1=C(CCS1)N2. The second-order valence-corrected chi connectivity index (χ2v) is 7.83. The number of ketones is 1. The first kappa shape index (κ1) is 14.0. The van der Waals surface area contributed by atoms with Crippen molar-refractivity contribution in [2.45, 2.75) is 31.6 Å². The van der Waals surface area contributed by atoms with E-state index in [9.17, 15) is 14.9 Å². The summed E-state index contributed by atoms with van der Waals surface area (Å²) in [5.41, 5.74) is 3.09. The summed E-state index contributed by atoms with van der Waals surface area (Å²) in [6, 6.07) is 3.37. The summed E-state index contributed by atoms with van der Waals surface area (Å²) in [6.45, 7) is 0. The molecule has 3 heterocycles. The van der Waals surface area contributed by atoms with E-state index in [1.807, 2.05) is 6.07 Å². The minimum Gasteiger partial charge on any atom is -0.361 e. The van der Waals surface area contributed by atoms with Crippen molar-refractivity contribution >= 4 is 33.9 Å². The highest BCUT2D eigenvalue weighted by molar-refractivity contribution is 8.03. The molecule has 0 amide bonds. The van der Waals surface area contributed by atoms with Crippen LogP contribution in [0, 0.1) is 10.1 Å². The van der Waals surface area contributed by atoms with E-state index in [0.717, 1.165) is 41.2 Å². The van der Waals surface area contributed by atoms with E-state index in [-0.39, 0.29) is 21.6 Å². The van der Waals surface area contributed by atoms with Crippen LogP contribution in [0.3, 0.4) is 0 Å². The Morgan fingerprint density at radius 3 is 2.86 bits per heavy atom. The van der Waals surface area contributed by atoms with Gasteiger partial charge in [-0.25, -0.2) is 0 Å². The number of allylic oxidation sites excluding steroid dienone is 4. The number of hydrogen-bond donors (Lipinski definition) is 1. The number of thiophene rings is 1. The summed E-state index contributed by atoms with van der Waals surface area (Å²) >= 11 is 2.97. The van der Waals surface area contributed by atoms with E-state index < -0.39 is 0 Å². The monoisotopic (exact) mass is 334 g/mol. The van der Waals surface area contributed by atoms with E-state index in [4.69, 9.17) is 0 Å². The van der Waals surface area contributed by atoms with Gasteiger partial charge >= 0.3 is 5.00 Å². The summed E-state index contributed by atoms with van der Waals surface area (Å²) < 4.78 is 0. The normalized spacial score (nSPS) is 24.2. The number of nitrogens with one attached hydrogen (secondary N) is 1. The zero-order valence-electron chi connectivity index (χ0n) is 11.8. The molecule has 3 aliphatic rings. The number of thioether (sulfide) groups is 1. The molecule has 0 saturated heterocycles. The van der Waals surface area contributed by atoms with Crippen LogP contribution in [0.2, 0.25) is 0 Å². The van der Waals surface area contributed by atoms with Gasteiger partial charge in [0.25, 0.3) is 0 Å². The average Bonchev–Trinajstić information content (AvgIpc) is 3.14. The predicted octanol–water partition coefficient (Wildman–Crippen LogP) is 3.70. The highest BCUT2D eigenvalue weighted by Crippen LogP contribution is 2.51. The molecule has 1 aromatic heterocycles. The minimum atomic E-state index is -0.357. The van der Waals surface area contributed by atoms with Gasteiger partial charge < -0.3 is 5.32 Å². The maximum Gasteiger partial charge on any atom is 0.324 e. The van der Waals surface area contributed by atoms with Crippen LogP contribution in [0.25, 0.3) is 0 Å². The Bertz CT molecular complexity index is 748. The molecular weight excluding hydrogens is 320 g/mol. The van der Waals surface area contributed by atoms with Gasteiger partial charge in [0, 0.05) is 45.0 Å². The lowest BCUT2D eigenvalue weighted by Crippen LogP contribution is -2.30. The van der Waals surface area contributed by atoms with Gasteiger partial charge in [0.15, 0.2) is 5.78 Å². The smallest absolute Gasteiger partial charge is 0.324 e. The molecule has 1 aromatic rings. The van der Waals surface area contributed by atoms with E-state index >= 15 is 0 Å². The van der Waals surface area contributed by atoms with Crippen molar-refractivity contribution in [2.24, 2.45) is 0 Å². The quantitative estimate of drug-likeness (QED) is 0.659. The first-order valence-corrected chi connectivity index (χ1v) is 9.08. The van der Waals surface area contributed by atoms with Crippen LogP contribution >= 0.6 is 23.1 Å². The van der Waals surface area contributed by atoms with Crippen LogP contribution in [0.15, 0.2) is 34.0 Å². The van der Waals surface area contributed by atoms with Crippen LogP contribution in [0.5, 0.6) is 0 Å². The number of hydrogen-bond acceptors (Lipinski definition) is 6. The summed E-state index contributed by atoms with van der Waals surface area (Å²) in [7, 11) is 0. The standard InChI is InChI=1S/C15H14N2O3S2/c18-10-3-1-2-8-13(10)14(15-9(16-8)6-7-21-15)11-4-5-12(22-11)17(19)20/h4-5,14,16H,1-3,6-7H2. The van der Waals surface area contributed by atoms with E-state index in [1.165, 1.54) is 21.9 Å². The summed E-state index contributed by atoms with van der Waals surface area (Å²) in [5.74, 6) is 1.11. The Kier molecular flexibility index (Phi) is 3.34. The van der Waals surface area contributed by atoms with Gasteiger partial charge in [-0.15, -0.1) is 11.8 Å². The Labute approximate surface area is 135 Å². The maximum atomic E-state index is 12.5. The fourth-order valence-corrected chi connectivity index (χ4v) is 5.64. The van der Waals surface area contributed by atoms with Crippen molar-refractivity contribution in [1.29, 1.82) is 0 Å². The molecule has 1 aliphatic carbocycles. The van der Waals surface area contributed by atoms with Crippen molar-refractivity contribution in [3.63, 3.8) is 0 Å². The molecule has 7 heteroatoms. The van der Waals surface area contributed by atoms with Crippen molar-refractivity contribution in [2.75, 3.05) is 5.75 Å². The fourth-order valence-electron chi connectivity index (χ4n) is 3.36. The Balaban J connectivity index is 1.84. The van der Waals surface area contributed by atoms with Gasteiger partial charge in [-0.1, -0.05) is 11.3 Å². The molecule has 1 atom stereocenters. The first-order valence-electron chi connectivity index (χ1n) is 7.28. The molecule has 0 radical (unpaired) electrons. The largest absolute Gasteiger partial charge is 0.361 e. The summed E-state index contributed by atoms with van der Waals surface area (Å²) in [6.07, 6.45) is 3.34. The molecule has 1 unspecified atom stereocenters. The number of carbonyl (C=O) groups is 1. The molecule has 0 bridgehead atoms. The molecule has 0 aromatic carbocycles. The highest BCUT2D eigenvalue weighted by atomic mass is 32.2. The first-order chi connectivity index (χ1) is 10.6. The third-order valence-corrected chi connectivity index (χ3v) is 6.60. The number of nitro groups is 1. The zero-order chi connectivity index (χ0) is 15.3. The van der Waals surface area contributed by atoms with E-state index in [2.05, 4.69) is 5.32 Å². The van der Waals surface area contributed by atoms with Crippen LogP contribution < -0.4 is 5.32 Å². The number of nitrogens with zero attached hydrogens (tertiary/aromatic N) is 1. The third-order valence-electron chi connectivity index (χ3n) is 4.29. The Hall–Kier alpha value is -1.60. The summed E-state index contributed by atoms with van der Waals surface area (Å²) in [4.78, 5) is 25.2. The molecule has 4 rings (SSSR count). The second-order valence-electron chi connectivity index (χ2n) is 5.60. The lowest BCUT2D eigenvalue weighted by atomic mass is 9.82. The van der Waals surface area contributed by atoms with Gasteiger partial charge in [-0.2, -0.15) is 0 Å². The van der Waals surface area contributed by atoms with Gasteiger partial charge in [-0.05, 0) is 25.3 Å². The fraction of sp³-hybridized carbons (Fsp3) is 0.400. The molecule has 114 valence electrons. The van der Waals surface area contributed by atoms with Crippen molar-refractivity contribution in [1.82, 2.24) is 5.32 Å². The van der Waals surface area contributed by atoms with E-state index in [1.54, 1.807) is 17.8 Å². The minimum absolute atomic E-state index is 0.0924. The number of dihydropyridines is 1. The summed E-state index contributed by atoms with van der Waals surface area (Å²) in [5, 5.41) is 14.6. The molecule has 1 N–H and O–H groups in total. The Morgan fingerprint density at radius 2 is 2.09 bits per heavy atom. The molecule has 22 heavy (non-hydrogen) atoms. The lowest BCUT2D eigenvalue weighted by molar-refractivity contribution is -0.380. The highest BCUT2D eigenvalue weighted by Gasteiger charge is 2.39. The molecule has 0 fully saturated rings. The van der Waals surface area contributed by atoms with Gasteiger partial charge in [-0.3, -0.25) is 14.9 Å². The van der Waals surface area contributed by atoms with E-state index in [0.29, 0.717) is 6.42 Å². The molecule has 5 nitrogen and oxygen atoms in total. The number of Topliss-reactive ketones (excluding diaryl/α,β-unsaturated/α-hetero) is 1. The van der Waals surface area contributed by atoms with Crippen LogP contribution in [0.4, 0.5) is 5.00 Å². The molecule has 0 spiro atoms. The van der Waals surface area contributed by atoms with Crippen molar-refractivity contribution in [3.8, 4) is 0 Å². The number of rotatable bonds is 2. The second kappa shape index (κ2) is 5.24. The van der Waals surface area contributed by atoms with Gasteiger partial charge in [0.2, 0.25) is 0 Å². The van der Waals surface area contributed by atoms with Crippen LogP contribution in [0.1, 0.15) is 36.5 Å². The Morgan fingerprint density at radius 1 is 1.23 bits per heavy atom. The third kappa shape index (κ3) is 2.11. The van der Waals surface area contributed by atoms with Gasteiger partial charge in [0.1, 0.15) is 0 Å². The van der Waals surface area contributed by atoms with Gasteiger partial charge in [0.05, 0.1) is 10.8 Å². The molecule has 0 saturated carbocycles. The molecular formula is C15H14N2O3S2. The average molecular weight is 334 g/mol. The molecule has 2 aliphatic heterocycles. The predicted molar refractivity (Wildman–Crippen MR) is 86.8 cm³/mol. The number of carbonyl (C=O) groups excluding carboxylic acids is 1.